The molecule has 0 aliphatic carbocycles. The van der Waals surface area contributed by atoms with Crippen molar-refractivity contribution in [3.63, 3.8) is 0 Å². The van der Waals surface area contributed by atoms with Gasteiger partial charge in [0.15, 0.2) is 0 Å². The third-order valence-electron chi connectivity index (χ3n) is 3.47. The van der Waals surface area contributed by atoms with Crippen molar-refractivity contribution in [2.75, 3.05) is 5.32 Å². The molecule has 2 heterocycles. The summed E-state index contributed by atoms with van der Waals surface area (Å²) in [5.74, 6) is 0.389. The van der Waals surface area contributed by atoms with Crippen molar-refractivity contribution < 1.29 is 4.79 Å². The molecule has 0 saturated carbocycles. The molecule has 0 aliphatic heterocycles. The Kier molecular flexibility index (Phi) is 4.14. The van der Waals surface area contributed by atoms with E-state index in [-0.39, 0.29) is 17.8 Å². The van der Waals surface area contributed by atoms with Crippen LogP contribution in [0.25, 0.3) is 10.9 Å². The lowest BCUT2D eigenvalue weighted by Gasteiger charge is -2.09. The highest BCUT2D eigenvalue weighted by Gasteiger charge is 2.07. The number of fused-ring (bicyclic) bond motifs is 1. The summed E-state index contributed by atoms with van der Waals surface area (Å²) in [6, 6.07) is 12.7. The lowest BCUT2D eigenvalue weighted by Crippen LogP contribution is -2.18. The number of aryl methyl sites for hydroxylation is 2. The van der Waals surface area contributed by atoms with Crippen molar-refractivity contribution in [3.05, 3.63) is 64.6 Å². The Balaban J connectivity index is 1.72. The van der Waals surface area contributed by atoms with Gasteiger partial charge in [0.2, 0.25) is 11.3 Å². The van der Waals surface area contributed by atoms with Crippen LogP contribution in [0.15, 0.2) is 53.5 Å². The SMILES string of the molecule is Cc1cccc(NC(=O)CCn2ncc(=O)c3ccccc32)n1. The number of carbonyl (C=O) groups is 1. The zero-order chi connectivity index (χ0) is 16.2. The molecule has 1 amide bonds. The number of nitrogens with one attached hydrogen (secondary N) is 1. The first-order valence-corrected chi connectivity index (χ1v) is 7.32. The molecule has 6 nitrogen and oxygen atoms in total. The Labute approximate surface area is 132 Å². The van der Waals surface area contributed by atoms with Gasteiger partial charge in [0.1, 0.15) is 5.82 Å². The molecule has 3 aromatic rings. The van der Waals surface area contributed by atoms with Crippen molar-refractivity contribution in [2.24, 2.45) is 0 Å². The highest BCUT2D eigenvalue weighted by molar-refractivity contribution is 5.89. The maximum Gasteiger partial charge on any atom is 0.227 e. The Morgan fingerprint density at radius 2 is 2.00 bits per heavy atom. The largest absolute Gasteiger partial charge is 0.311 e. The molecule has 23 heavy (non-hydrogen) atoms. The Morgan fingerprint density at radius 3 is 2.83 bits per heavy atom. The second-order valence-corrected chi connectivity index (χ2v) is 5.21. The van der Waals surface area contributed by atoms with Crippen LogP contribution in [0.3, 0.4) is 0 Å². The average molecular weight is 308 g/mol. The van der Waals surface area contributed by atoms with E-state index >= 15 is 0 Å². The molecule has 0 fully saturated rings. The van der Waals surface area contributed by atoms with Gasteiger partial charge in [0, 0.05) is 17.5 Å². The minimum absolute atomic E-state index is 0.120. The maximum atomic E-state index is 12.0. The van der Waals surface area contributed by atoms with Crippen LogP contribution in [-0.2, 0) is 11.3 Å². The molecule has 0 unspecified atom stereocenters. The number of hydrogen-bond acceptors (Lipinski definition) is 4. The molecule has 116 valence electrons. The second-order valence-electron chi connectivity index (χ2n) is 5.21. The Bertz CT molecular complexity index is 918. The molecule has 0 bridgehead atoms. The fourth-order valence-corrected chi connectivity index (χ4v) is 2.36. The van der Waals surface area contributed by atoms with Crippen molar-refractivity contribution >= 4 is 22.6 Å². The highest BCUT2D eigenvalue weighted by Crippen LogP contribution is 2.09. The standard InChI is InChI=1S/C17H16N4O2/c1-12-5-4-8-16(19-12)20-17(23)9-10-21-14-7-3-2-6-13(14)15(22)11-18-21/h2-8,11H,9-10H2,1H3,(H,19,20,23). The molecule has 1 aromatic carbocycles. The molecule has 2 aromatic heterocycles. The monoisotopic (exact) mass is 308 g/mol. The van der Waals surface area contributed by atoms with Gasteiger partial charge in [0.05, 0.1) is 18.3 Å². The van der Waals surface area contributed by atoms with Gasteiger partial charge in [-0.3, -0.25) is 14.3 Å². The molecule has 0 spiro atoms. The first kappa shape index (κ1) is 14.9. The van der Waals surface area contributed by atoms with Crippen LogP contribution in [0, 0.1) is 6.92 Å². The third-order valence-corrected chi connectivity index (χ3v) is 3.47. The molecule has 0 atom stereocenters. The van der Waals surface area contributed by atoms with Crippen LogP contribution >= 0.6 is 0 Å². The van der Waals surface area contributed by atoms with E-state index in [9.17, 15) is 9.59 Å². The quantitative estimate of drug-likeness (QED) is 0.801. The topological polar surface area (TPSA) is 76.9 Å². The van der Waals surface area contributed by atoms with Crippen molar-refractivity contribution in [1.29, 1.82) is 0 Å². The normalized spacial score (nSPS) is 10.7. The van der Waals surface area contributed by atoms with Gasteiger partial charge in [-0.25, -0.2) is 4.98 Å². The predicted octanol–water partition coefficient (Wildman–Crippen LogP) is 2.13. The van der Waals surface area contributed by atoms with Crippen molar-refractivity contribution in [1.82, 2.24) is 14.8 Å². The van der Waals surface area contributed by atoms with Crippen molar-refractivity contribution in [2.45, 2.75) is 19.9 Å². The Morgan fingerprint density at radius 1 is 1.17 bits per heavy atom. The van der Waals surface area contributed by atoms with E-state index in [1.807, 2.05) is 37.3 Å². The summed E-state index contributed by atoms with van der Waals surface area (Å²) < 4.78 is 1.67. The van der Waals surface area contributed by atoms with Crippen LogP contribution < -0.4 is 10.7 Å². The van der Waals surface area contributed by atoms with Crippen molar-refractivity contribution in [3.8, 4) is 0 Å². The highest BCUT2D eigenvalue weighted by atomic mass is 16.1. The average Bonchev–Trinajstić information content (AvgIpc) is 2.54. The number of nitrogens with zero attached hydrogens (tertiary/aromatic N) is 3. The molecule has 0 radical (unpaired) electrons. The Hall–Kier alpha value is -3.02. The third kappa shape index (κ3) is 3.42. The lowest BCUT2D eigenvalue weighted by atomic mass is 10.2. The fraction of sp³-hybridized carbons (Fsp3) is 0.176. The van der Waals surface area contributed by atoms with Gasteiger partial charge in [-0.15, -0.1) is 0 Å². The minimum atomic E-state index is -0.146. The molecule has 0 saturated heterocycles. The second kappa shape index (κ2) is 6.39. The molecule has 1 N–H and O–H groups in total. The summed E-state index contributed by atoms with van der Waals surface area (Å²) in [5, 5.41) is 7.47. The first-order chi connectivity index (χ1) is 11.1. The zero-order valence-electron chi connectivity index (χ0n) is 12.7. The summed E-state index contributed by atoms with van der Waals surface area (Å²) in [4.78, 5) is 28.1. The summed E-state index contributed by atoms with van der Waals surface area (Å²) in [6.45, 7) is 2.25. The first-order valence-electron chi connectivity index (χ1n) is 7.32. The van der Waals surface area contributed by atoms with E-state index in [2.05, 4.69) is 15.4 Å². The molecule has 6 heteroatoms. The smallest absolute Gasteiger partial charge is 0.227 e. The van der Waals surface area contributed by atoms with E-state index in [1.54, 1.807) is 16.8 Å². The van der Waals surface area contributed by atoms with E-state index in [1.165, 1.54) is 6.20 Å². The zero-order valence-corrected chi connectivity index (χ0v) is 12.7. The van der Waals surface area contributed by atoms with E-state index in [0.29, 0.717) is 17.7 Å². The van der Waals surface area contributed by atoms with E-state index in [0.717, 1.165) is 11.2 Å². The number of aromatic nitrogens is 3. The number of anilines is 1. The molecule has 3 rings (SSSR count). The molecule has 0 aliphatic rings. The van der Waals surface area contributed by atoms with Crippen LogP contribution in [0.2, 0.25) is 0 Å². The van der Waals surface area contributed by atoms with E-state index in [4.69, 9.17) is 0 Å². The number of pyridine rings is 1. The van der Waals surface area contributed by atoms with Crippen LogP contribution in [0.5, 0.6) is 0 Å². The summed E-state index contributed by atoms with van der Waals surface area (Å²) in [6.07, 6.45) is 1.53. The molecular formula is C17H16N4O2. The van der Waals surface area contributed by atoms with Gasteiger partial charge < -0.3 is 5.32 Å². The number of carbonyl (C=O) groups excluding carboxylic acids is 1. The van der Waals surface area contributed by atoms with Gasteiger partial charge in [-0.2, -0.15) is 5.10 Å². The number of rotatable bonds is 4. The van der Waals surface area contributed by atoms with Crippen LogP contribution in [0.4, 0.5) is 5.82 Å². The van der Waals surface area contributed by atoms with E-state index < -0.39 is 0 Å². The summed E-state index contributed by atoms with van der Waals surface area (Å²) in [5.41, 5.74) is 1.45. The van der Waals surface area contributed by atoms with Gasteiger partial charge in [0.25, 0.3) is 0 Å². The summed E-state index contributed by atoms with van der Waals surface area (Å²) in [7, 11) is 0. The van der Waals surface area contributed by atoms with Gasteiger partial charge in [-0.05, 0) is 31.2 Å². The maximum absolute atomic E-state index is 12.0. The number of benzene rings is 1. The van der Waals surface area contributed by atoms with Crippen LogP contribution in [0.1, 0.15) is 12.1 Å². The predicted molar refractivity (Wildman–Crippen MR) is 88.2 cm³/mol. The lowest BCUT2D eigenvalue weighted by molar-refractivity contribution is -0.116. The summed E-state index contributed by atoms with van der Waals surface area (Å²) >= 11 is 0. The number of amides is 1. The van der Waals surface area contributed by atoms with Gasteiger partial charge >= 0.3 is 0 Å². The fourth-order valence-electron chi connectivity index (χ4n) is 2.36. The minimum Gasteiger partial charge on any atom is -0.311 e. The number of hydrogen-bond donors (Lipinski definition) is 1. The van der Waals surface area contributed by atoms with Gasteiger partial charge in [-0.1, -0.05) is 18.2 Å². The van der Waals surface area contributed by atoms with Crippen LogP contribution in [-0.4, -0.2) is 20.7 Å². The molecular weight excluding hydrogens is 292 g/mol. The number of para-hydroxylation sites is 1.